The molecule has 120 valence electrons. The van der Waals surface area contributed by atoms with Gasteiger partial charge in [-0.05, 0) is 17.7 Å². The van der Waals surface area contributed by atoms with Gasteiger partial charge < -0.3 is 5.32 Å². The van der Waals surface area contributed by atoms with Crippen LogP contribution >= 0.6 is 0 Å². The molecule has 0 spiro atoms. The van der Waals surface area contributed by atoms with Gasteiger partial charge in [0.05, 0.1) is 10.5 Å². The average molecular weight is 324 g/mol. The largest absolute Gasteiger partial charge is 0.416 e. The van der Waals surface area contributed by atoms with Crippen molar-refractivity contribution in [2.75, 3.05) is 0 Å². The Balaban J connectivity index is 2.24. The van der Waals surface area contributed by atoms with Crippen LogP contribution in [0, 0.1) is 10.1 Å². The number of nitrogens with one attached hydrogen (secondary N) is 1. The lowest BCUT2D eigenvalue weighted by Crippen LogP contribution is -2.24. The van der Waals surface area contributed by atoms with E-state index >= 15 is 0 Å². The van der Waals surface area contributed by atoms with Crippen molar-refractivity contribution in [2.24, 2.45) is 0 Å². The Labute approximate surface area is 128 Å². The number of carbonyl (C=O) groups is 1. The number of rotatable bonds is 4. The molecule has 23 heavy (non-hydrogen) atoms. The van der Waals surface area contributed by atoms with E-state index in [9.17, 15) is 28.1 Å². The Hall–Kier alpha value is -2.90. The van der Waals surface area contributed by atoms with E-state index in [0.29, 0.717) is 12.1 Å². The number of amides is 1. The summed E-state index contributed by atoms with van der Waals surface area (Å²) in [5.74, 6) is -0.811. The van der Waals surface area contributed by atoms with Gasteiger partial charge >= 0.3 is 6.18 Å². The SMILES string of the molecule is O=C(NCc1ccccc1)c1ccc(C(F)(F)F)cc1[N+](=O)[O-]. The molecule has 0 heterocycles. The van der Waals surface area contributed by atoms with Crippen molar-refractivity contribution in [3.05, 3.63) is 75.3 Å². The molecular weight excluding hydrogens is 313 g/mol. The molecule has 2 aromatic rings. The van der Waals surface area contributed by atoms with Crippen LogP contribution in [-0.2, 0) is 12.7 Å². The number of hydrogen-bond donors (Lipinski definition) is 1. The van der Waals surface area contributed by atoms with Crippen LogP contribution in [0.4, 0.5) is 18.9 Å². The first-order valence-electron chi connectivity index (χ1n) is 6.47. The monoisotopic (exact) mass is 324 g/mol. The van der Waals surface area contributed by atoms with E-state index in [-0.39, 0.29) is 6.54 Å². The van der Waals surface area contributed by atoms with Crippen molar-refractivity contribution in [1.29, 1.82) is 0 Å². The Morgan fingerprint density at radius 3 is 2.35 bits per heavy atom. The molecule has 0 atom stereocenters. The Bertz CT molecular complexity index is 730. The summed E-state index contributed by atoms with van der Waals surface area (Å²) in [6.45, 7) is 0.109. The Morgan fingerprint density at radius 2 is 1.78 bits per heavy atom. The van der Waals surface area contributed by atoms with Crippen LogP contribution in [0.2, 0.25) is 0 Å². The van der Waals surface area contributed by atoms with Gasteiger partial charge in [-0.2, -0.15) is 13.2 Å². The fraction of sp³-hybridized carbons (Fsp3) is 0.133. The summed E-state index contributed by atoms with van der Waals surface area (Å²) in [5.41, 5.74) is -1.72. The van der Waals surface area contributed by atoms with E-state index in [4.69, 9.17) is 0 Å². The van der Waals surface area contributed by atoms with Crippen molar-refractivity contribution in [3.8, 4) is 0 Å². The minimum atomic E-state index is -4.72. The normalized spacial score (nSPS) is 11.1. The predicted molar refractivity (Wildman–Crippen MR) is 75.7 cm³/mol. The third-order valence-electron chi connectivity index (χ3n) is 3.06. The summed E-state index contributed by atoms with van der Waals surface area (Å²) < 4.78 is 37.8. The minimum absolute atomic E-state index is 0.109. The third-order valence-corrected chi connectivity index (χ3v) is 3.06. The van der Waals surface area contributed by atoms with E-state index in [2.05, 4.69) is 5.32 Å². The summed E-state index contributed by atoms with van der Waals surface area (Å²) in [7, 11) is 0. The zero-order valence-corrected chi connectivity index (χ0v) is 11.6. The second-order valence-corrected chi connectivity index (χ2v) is 4.66. The Morgan fingerprint density at radius 1 is 1.13 bits per heavy atom. The summed E-state index contributed by atoms with van der Waals surface area (Å²) >= 11 is 0. The van der Waals surface area contributed by atoms with Crippen LogP contribution in [0.3, 0.4) is 0 Å². The second-order valence-electron chi connectivity index (χ2n) is 4.66. The van der Waals surface area contributed by atoms with E-state index in [1.165, 1.54) is 0 Å². The van der Waals surface area contributed by atoms with Crippen molar-refractivity contribution in [2.45, 2.75) is 12.7 Å². The highest BCUT2D eigenvalue weighted by molar-refractivity contribution is 5.98. The molecule has 0 saturated carbocycles. The standard InChI is InChI=1S/C15H11F3N2O3/c16-15(17,18)11-6-7-12(13(8-11)20(22)23)14(21)19-9-10-4-2-1-3-5-10/h1-8H,9H2,(H,19,21). The van der Waals surface area contributed by atoms with E-state index in [1.807, 2.05) is 0 Å². The molecule has 5 nitrogen and oxygen atoms in total. The van der Waals surface area contributed by atoms with Gasteiger partial charge in [0.15, 0.2) is 0 Å². The van der Waals surface area contributed by atoms with Gasteiger partial charge in [-0.1, -0.05) is 30.3 Å². The molecule has 0 bridgehead atoms. The molecule has 0 aromatic heterocycles. The fourth-order valence-electron chi connectivity index (χ4n) is 1.92. The number of alkyl halides is 3. The lowest BCUT2D eigenvalue weighted by atomic mass is 10.1. The molecule has 0 radical (unpaired) electrons. The van der Waals surface area contributed by atoms with Gasteiger partial charge in [0, 0.05) is 12.6 Å². The molecule has 0 fully saturated rings. The lowest BCUT2D eigenvalue weighted by molar-refractivity contribution is -0.385. The number of hydrogen-bond acceptors (Lipinski definition) is 3. The topological polar surface area (TPSA) is 72.2 Å². The lowest BCUT2D eigenvalue weighted by Gasteiger charge is -2.09. The molecule has 2 rings (SSSR count). The maximum atomic E-state index is 12.6. The molecule has 1 amide bonds. The van der Waals surface area contributed by atoms with Crippen molar-refractivity contribution in [1.82, 2.24) is 5.32 Å². The van der Waals surface area contributed by atoms with E-state index < -0.39 is 33.8 Å². The van der Waals surface area contributed by atoms with E-state index in [0.717, 1.165) is 11.6 Å². The third kappa shape index (κ3) is 4.06. The van der Waals surface area contributed by atoms with E-state index in [1.54, 1.807) is 30.3 Å². The number of halogens is 3. The summed E-state index contributed by atoms with van der Waals surface area (Å²) in [4.78, 5) is 21.9. The van der Waals surface area contributed by atoms with Gasteiger partial charge in [-0.25, -0.2) is 0 Å². The Kier molecular flexibility index (Phi) is 4.63. The zero-order valence-electron chi connectivity index (χ0n) is 11.6. The van der Waals surface area contributed by atoms with Gasteiger partial charge in [0.25, 0.3) is 11.6 Å². The maximum Gasteiger partial charge on any atom is 0.416 e. The zero-order chi connectivity index (χ0) is 17.0. The van der Waals surface area contributed by atoms with Crippen LogP contribution in [0.25, 0.3) is 0 Å². The van der Waals surface area contributed by atoms with Crippen LogP contribution in [0.1, 0.15) is 21.5 Å². The molecule has 2 aromatic carbocycles. The maximum absolute atomic E-state index is 12.6. The van der Waals surface area contributed by atoms with Crippen molar-refractivity contribution >= 4 is 11.6 Å². The highest BCUT2D eigenvalue weighted by Crippen LogP contribution is 2.33. The average Bonchev–Trinajstić information content (AvgIpc) is 2.52. The highest BCUT2D eigenvalue weighted by atomic mass is 19.4. The molecule has 0 aliphatic carbocycles. The van der Waals surface area contributed by atoms with Gasteiger partial charge in [0.1, 0.15) is 5.56 Å². The van der Waals surface area contributed by atoms with Gasteiger partial charge in [-0.15, -0.1) is 0 Å². The molecule has 8 heteroatoms. The highest BCUT2D eigenvalue weighted by Gasteiger charge is 2.33. The van der Waals surface area contributed by atoms with Crippen LogP contribution in [0.15, 0.2) is 48.5 Å². The minimum Gasteiger partial charge on any atom is -0.348 e. The smallest absolute Gasteiger partial charge is 0.348 e. The quantitative estimate of drug-likeness (QED) is 0.690. The number of nitro groups is 1. The van der Waals surface area contributed by atoms with Crippen LogP contribution in [0.5, 0.6) is 0 Å². The van der Waals surface area contributed by atoms with Crippen molar-refractivity contribution in [3.63, 3.8) is 0 Å². The molecule has 0 unspecified atom stereocenters. The molecular formula is C15H11F3N2O3. The summed E-state index contributed by atoms with van der Waals surface area (Å²) in [6.07, 6.45) is -4.72. The fourth-order valence-corrected chi connectivity index (χ4v) is 1.92. The number of nitro benzene ring substituents is 1. The molecule has 1 N–H and O–H groups in total. The summed E-state index contributed by atoms with van der Waals surface area (Å²) in [6, 6.07) is 10.6. The van der Waals surface area contributed by atoms with Crippen LogP contribution in [-0.4, -0.2) is 10.8 Å². The molecule has 0 aliphatic heterocycles. The first kappa shape index (κ1) is 16.5. The van der Waals surface area contributed by atoms with Gasteiger partial charge in [-0.3, -0.25) is 14.9 Å². The molecule has 0 saturated heterocycles. The second kappa shape index (κ2) is 6.47. The molecule has 0 aliphatic rings. The van der Waals surface area contributed by atoms with Crippen LogP contribution < -0.4 is 5.32 Å². The first-order valence-corrected chi connectivity index (χ1v) is 6.47. The summed E-state index contributed by atoms with van der Waals surface area (Å²) in [5, 5.41) is 13.4. The number of benzene rings is 2. The predicted octanol–water partition coefficient (Wildman–Crippen LogP) is 3.54. The first-order chi connectivity index (χ1) is 10.8. The number of carbonyl (C=O) groups excluding carboxylic acids is 1. The van der Waals surface area contributed by atoms with Gasteiger partial charge in [0.2, 0.25) is 0 Å². The van der Waals surface area contributed by atoms with Crippen molar-refractivity contribution < 1.29 is 22.9 Å². The number of nitrogens with zero attached hydrogens (tertiary/aromatic N) is 1.